The molecule has 2 N–H and O–H groups in total. The van der Waals surface area contributed by atoms with Gasteiger partial charge in [-0.25, -0.2) is 0 Å². The van der Waals surface area contributed by atoms with Crippen molar-refractivity contribution in [2.75, 3.05) is 5.73 Å². The molecule has 0 amide bonds. The molecule has 0 aliphatic carbocycles. The van der Waals surface area contributed by atoms with Crippen LogP contribution in [0.4, 0.5) is 5.69 Å². The fourth-order valence-corrected chi connectivity index (χ4v) is 2.41. The fraction of sp³-hybridized carbons (Fsp3) is 0. The van der Waals surface area contributed by atoms with Crippen LogP contribution in [0.15, 0.2) is 47.0 Å². The molecule has 3 aromatic rings. The van der Waals surface area contributed by atoms with Crippen molar-refractivity contribution in [3.05, 3.63) is 57.5 Å². The number of rotatable bonds is 2. The lowest BCUT2D eigenvalue weighted by Crippen LogP contribution is -1.89. The quantitative estimate of drug-likeness (QED) is 0.623. The number of hydrogen-bond donors (Lipinski definition) is 1. The highest BCUT2D eigenvalue weighted by atomic mass is 35.5. The van der Waals surface area contributed by atoms with Crippen molar-refractivity contribution in [2.45, 2.75) is 0 Å². The standard InChI is InChI=1S/C15H9Cl3N2O/c16-9-2-4-13(19)10(6-9)14-7-15(21-20-14)8-1-3-11(17)12(18)5-8/h1-7H,19H2. The van der Waals surface area contributed by atoms with Gasteiger partial charge in [0.1, 0.15) is 5.69 Å². The Hall–Kier alpha value is -1.68. The van der Waals surface area contributed by atoms with Gasteiger partial charge in [-0.2, -0.15) is 0 Å². The van der Waals surface area contributed by atoms with Crippen LogP contribution in [-0.4, -0.2) is 5.16 Å². The zero-order chi connectivity index (χ0) is 15.0. The molecule has 0 aliphatic rings. The molecular weight excluding hydrogens is 331 g/mol. The van der Waals surface area contributed by atoms with Crippen molar-refractivity contribution in [2.24, 2.45) is 0 Å². The van der Waals surface area contributed by atoms with Gasteiger partial charge in [0.15, 0.2) is 5.76 Å². The van der Waals surface area contributed by atoms with Crippen molar-refractivity contribution in [3.8, 4) is 22.6 Å². The Bertz CT molecular complexity index is 814. The van der Waals surface area contributed by atoms with E-state index < -0.39 is 0 Å². The maximum Gasteiger partial charge on any atom is 0.167 e. The van der Waals surface area contributed by atoms with Crippen molar-refractivity contribution >= 4 is 40.5 Å². The lowest BCUT2D eigenvalue weighted by molar-refractivity contribution is 0.435. The topological polar surface area (TPSA) is 52.0 Å². The minimum absolute atomic E-state index is 0.453. The van der Waals surface area contributed by atoms with Crippen molar-refractivity contribution in [1.82, 2.24) is 5.16 Å². The summed E-state index contributed by atoms with van der Waals surface area (Å²) in [6.45, 7) is 0. The van der Waals surface area contributed by atoms with E-state index in [0.717, 1.165) is 11.1 Å². The molecular formula is C15H9Cl3N2O. The monoisotopic (exact) mass is 338 g/mol. The number of hydrogen-bond acceptors (Lipinski definition) is 3. The van der Waals surface area contributed by atoms with Crippen LogP contribution in [0.2, 0.25) is 15.1 Å². The van der Waals surface area contributed by atoms with Crippen LogP contribution in [-0.2, 0) is 0 Å². The smallest absolute Gasteiger partial charge is 0.167 e. The molecule has 0 bridgehead atoms. The molecule has 2 aromatic carbocycles. The predicted octanol–water partition coefficient (Wildman–Crippen LogP) is 5.55. The van der Waals surface area contributed by atoms with E-state index in [0.29, 0.717) is 32.2 Å². The Morgan fingerprint density at radius 3 is 2.48 bits per heavy atom. The minimum Gasteiger partial charge on any atom is -0.398 e. The molecule has 0 saturated carbocycles. The highest BCUT2D eigenvalue weighted by Crippen LogP contribution is 2.33. The number of halogens is 3. The maximum absolute atomic E-state index is 6.00. The summed E-state index contributed by atoms with van der Waals surface area (Å²) >= 11 is 17.9. The molecule has 6 heteroatoms. The van der Waals surface area contributed by atoms with Gasteiger partial charge in [0.05, 0.1) is 10.0 Å². The first-order valence-electron chi connectivity index (χ1n) is 6.02. The van der Waals surface area contributed by atoms with Crippen LogP contribution in [0.3, 0.4) is 0 Å². The summed E-state index contributed by atoms with van der Waals surface area (Å²) in [6, 6.07) is 12.2. The second-order valence-electron chi connectivity index (χ2n) is 4.44. The number of benzene rings is 2. The van der Waals surface area contributed by atoms with E-state index in [1.165, 1.54) is 0 Å². The molecule has 0 aliphatic heterocycles. The molecule has 0 fully saturated rings. The zero-order valence-corrected chi connectivity index (χ0v) is 12.9. The number of aromatic nitrogens is 1. The molecule has 0 radical (unpaired) electrons. The van der Waals surface area contributed by atoms with Crippen LogP contribution in [0.25, 0.3) is 22.6 Å². The summed E-state index contributed by atoms with van der Waals surface area (Å²) < 4.78 is 5.34. The Labute approximate surface area is 136 Å². The Kier molecular flexibility index (Phi) is 3.81. The molecule has 21 heavy (non-hydrogen) atoms. The molecule has 3 rings (SSSR count). The number of nitrogens with zero attached hydrogens (tertiary/aromatic N) is 1. The summed E-state index contributed by atoms with van der Waals surface area (Å²) in [5.74, 6) is 0.572. The van der Waals surface area contributed by atoms with E-state index in [4.69, 9.17) is 45.1 Å². The first kappa shape index (κ1) is 14.3. The third-order valence-electron chi connectivity index (χ3n) is 3.01. The second-order valence-corrected chi connectivity index (χ2v) is 5.69. The summed E-state index contributed by atoms with van der Waals surface area (Å²) in [5.41, 5.74) is 8.62. The lowest BCUT2D eigenvalue weighted by atomic mass is 10.1. The van der Waals surface area contributed by atoms with Gasteiger partial charge in [0.2, 0.25) is 0 Å². The van der Waals surface area contributed by atoms with Crippen LogP contribution in [0.5, 0.6) is 0 Å². The van der Waals surface area contributed by atoms with Gasteiger partial charge in [-0.3, -0.25) is 0 Å². The molecule has 0 saturated heterocycles. The molecule has 1 aromatic heterocycles. The summed E-state index contributed by atoms with van der Waals surface area (Å²) in [5, 5.41) is 5.55. The van der Waals surface area contributed by atoms with E-state index in [1.54, 1.807) is 42.5 Å². The fourth-order valence-electron chi connectivity index (χ4n) is 1.94. The summed E-state index contributed by atoms with van der Waals surface area (Å²) in [7, 11) is 0. The highest BCUT2D eigenvalue weighted by molar-refractivity contribution is 6.42. The highest BCUT2D eigenvalue weighted by Gasteiger charge is 2.12. The van der Waals surface area contributed by atoms with Gasteiger partial charge in [-0.05, 0) is 36.4 Å². The SMILES string of the molecule is Nc1ccc(Cl)cc1-c1cc(-c2ccc(Cl)c(Cl)c2)on1. The Balaban J connectivity index is 2.03. The van der Waals surface area contributed by atoms with Gasteiger partial charge in [0.25, 0.3) is 0 Å². The second kappa shape index (κ2) is 5.60. The zero-order valence-electron chi connectivity index (χ0n) is 10.6. The van der Waals surface area contributed by atoms with Crippen molar-refractivity contribution in [1.29, 1.82) is 0 Å². The predicted molar refractivity (Wildman–Crippen MR) is 86.8 cm³/mol. The van der Waals surface area contributed by atoms with E-state index in [9.17, 15) is 0 Å². The average molecular weight is 340 g/mol. The average Bonchev–Trinajstić information content (AvgIpc) is 2.94. The van der Waals surface area contributed by atoms with Crippen LogP contribution < -0.4 is 5.73 Å². The number of nitrogen functional groups attached to an aromatic ring is 1. The van der Waals surface area contributed by atoms with E-state index >= 15 is 0 Å². The molecule has 0 spiro atoms. The van der Waals surface area contributed by atoms with Gasteiger partial charge in [-0.1, -0.05) is 40.0 Å². The van der Waals surface area contributed by atoms with E-state index in [1.807, 2.05) is 0 Å². The number of anilines is 1. The Morgan fingerprint density at radius 2 is 1.71 bits per heavy atom. The first-order chi connectivity index (χ1) is 10.0. The van der Waals surface area contributed by atoms with Gasteiger partial charge in [0, 0.05) is 27.9 Å². The first-order valence-corrected chi connectivity index (χ1v) is 7.15. The Morgan fingerprint density at radius 1 is 0.905 bits per heavy atom. The molecule has 3 nitrogen and oxygen atoms in total. The van der Waals surface area contributed by atoms with Gasteiger partial charge >= 0.3 is 0 Å². The normalized spacial score (nSPS) is 10.8. The van der Waals surface area contributed by atoms with E-state index in [2.05, 4.69) is 5.16 Å². The van der Waals surface area contributed by atoms with Crippen molar-refractivity contribution < 1.29 is 4.52 Å². The summed E-state index contributed by atoms with van der Waals surface area (Å²) in [4.78, 5) is 0. The minimum atomic E-state index is 0.453. The van der Waals surface area contributed by atoms with Gasteiger partial charge in [-0.15, -0.1) is 0 Å². The number of nitrogens with two attached hydrogens (primary N) is 1. The maximum atomic E-state index is 6.00. The van der Waals surface area contributed by atoms with Crippen LogP contribution in [0, 0.1) is 0 Å². The van der Waals surface area contributed by atoms with Crippen LogP contribution in [0.1, 0.15) is 0 Å². The molecule has 106 valence electrons. The van der Waals surface area contributed by atoms with Crippen molar-refractivity contribution in [3.63, 3.8) is 0 Å². The third kappa shape index (κ3) is 2.86. The van der Waals surface area contributed by atoms with Gasteiger partial charge < -0.3 is 10.3 Å². The lowest BCUT2D eigenvalue weighted by Gasteiger charge is -2.01. The largest absolute Gasteiger partial charge is 0.398 e. The molecule has 0 unspecified atom stereocenters. The molecule has 0 atom stereocenters. The third-order valence-corrected chi connectivity index (χ3v) is 3.98. The van der Waals surface area contributed by atoms with E-state index in [-0.39, 0.29) is 0 Å². The summed E-state index contributed by atoms with van der Waals surface area (Å²) in [6.07, 6.45) is 0. The molecule has 1 heterocycles. The van der Waals surface area contributed by atoms with Crippen LogP contribution >= 0.6 is 34.8 Å².